The maximum Gasteiger partial charge on any atom is 0.407 e. The molecule has 37 nitrogen and oxygen atoms in total. The van der Waals surface area contributed by atoms with Crippen molar-refractivity contribution in [3.8, 4) is 11.1 Å². The number of benzene rings is 2. The Kier molecular flexibility index (Phi) is 74.6. The summed E-state index contributed by atoms with van der Waals surface area (Å²) in [6.45, 7) is 22.2. The molecule has 3 rings (SSSR count). The van der Waals surface area contributed by atoms with Crippen molar-refractivity contribution in [2.24, 2.45) is 11.5 Å². The molecule has 1 aliphatic carbocycles. The molecule has 0 heterocycles. The molecule has 37 heteroatoms. The van der Waals surface area contributed by atoms with Gasteiger partial charge in [-0.05, 0) is 60.8 Å². The number of amides is 4. The highest BCUT2D eigenvalue weighted by Gasteiger charge is 2.30. The summed E-state index contributed by atoms with van der Waals surface area (Å²) in [5, 5.41) is 21.0. The summed E-state index contributed by atoms with van der Waals surface area (Å²) in [6, 6.07) is 13.7. The average molecular weight is 1700 g/mol. The van der Waals surface area contributed by atoms with Crippen LogP contribution in [0.1, 0.15) is 68.4 Å². The van der Waals surface area contributed by atoms with Gasteiger partial charge in [-0.1, -0.05) is 48.5 Å². The molecule has 0 saturated carbocycles. The maximum absolute atomic E-state index is 13.6. The van der Waals surface area contributed by atoms with E-state index in [0.717, 1.165) is 22.3 Å². The lowest BCUT2D eigenvalue weighted by molar-refractivity contribution is -0.139. The zero-order valence-corrected chi connectivity index (χ0v) is 69.8. The van der Waals surface area contributed by atoms with Gasteiger partial charge in [0.1, 0.15) is 18.7 Å². The van der Waals surface area contributed by atoms with E-state index in [1.54, 1.807) is 0 Å². The van der Waals surface area contributed by atoms with Gasteiger partial charge in [0.25, 0.3) is 0 Å². The molecule has 0 aliphatic heterocycles. The number of hydrogen-bond acceptors (Lipinski definition) is 32. The lowest BCUT2D eigenvalue weighted by atomic mass is 9.98. The highest BCUT2D eigenvalue weighted by molar-refractivity contribution is 5.87. The predicted molar refractivity (Wildman–Crippen MR) is 432 cm³/mol. The van der Waals surface area contributed by atoms with Gasteiger partial charge in [-0.15, -0.1) is 0 Å². The predicted octanol–water partition coefficient (Wildman–Crippen LogP) is 2.13. The van der Waals surface area contributed by atoms with E-state index in [2.05, 4.69) is 21.3 Å². The van der Waals surface area contributed by atoms with E-state index in [0.29, 0.717) is 336 Å². The quantitative estimate of drug-likeness (QED) is 0.0466. The Balaban J connectivity index is 1.16. The van der Waals surface area contributed by atoms with Gasteiger partial charge in [-0.25, -0.2) is 9.59 Å². The minimum absolute atomic E-state index is 0.0120. The molecule has 0 radical (unpaired) electrons. The Hall–Kier alpha value is -5.45. The number of hydrogen-bond donors (Lipinski definition) is 7. The molecule has 2 atom stereocenters. The van der Waals surface area contributed by atoms with Crippen molar-refractivity contribution in [2.45, 2.75) is 69.4 Å². The molecule has 682 valence electrons. The van der Waals surface area contributed by atoms with E-state index < -0.39 is 36.0 Å². The van der Waals surface area contributed by atoms with Crippen LogP contribution in [0.15, 0.2) is 48.5 Å². The van der Waals surface area contributed by atoms with Crippen molar-refractivity contribution in [1.82, 2.24) is 21.3 Å². The first-order valence-electron chi connectivity index (χ1n) is 41.7. The zero-order chi connectivity index (χ0) is 84.2. The lowest BCUT2D eigenvalue weighted by Gasteiger charge is -2.19. The number of carbonyl (C=O) groups is 5. The van der Waals surface area contributed by atoms with Crippen LogP contribution in [0.3, 0.4) is 0 Å². The molecule has 1 aliphatic rings. The van der Waals surface area contributed by atoms with Crippen molar-refractivity contribution in [1.29, 1.82) is 0 Å². The first kappa shape index (κ1) is 107. The van der Waals surface area contributed by atoms with Crippen molar-refractivity contribution >= 4 is 29.8 Å². The summed E-state index contributed by atoms with van der Waals surface area (Å²) in [7, 11) is 0. The molecule has 0 fully saturated rings. The minimum Gasteiger partial charge on any atom is -0.480 e. The Morgan fingerprint density at radius 3 is 0.822 bits per heavy atom. The first-order chi connectivity index (χ1) is 58.2. The first-order valence-corrected chi connectivity index (χ1v) is 41.7. The van der Waals surface area contributed by atoms with E-state index in [-0.39, 0.29) is 77.1 Å². The number of carboxylic acid groups (broad SMARTS) is 1. The number of rotatable bonds is 92. The lowest BCUT2D eigenvalue weighted by Crippen LogP contribution is -2.47. The molecule has 9 N–H and O–H groups in total. The second-order valence-electron chi connectivity index (χ2n) is 25.9. The molecule has 0 unspecified atom stereocenters. The van der Waals surface area contributed by atoms with Gasteiger partial charge >= 0.3 is 12.1 Å². The van der Waals surface area contributed by atoms with Crippen molar-refractivity contribution in [3.63, 3.8) is 0 Å². The van der Waals surface area contributed by atoms with Crippen LogP contribution in [0.2, 0.25) is 0 Å². The normalized spacial score (nSPS) is 12.4. The van der Waals surface area contributed by atoms with Crippen LogP contribution in [0.5, 0.6) is 0 Å². The fraction of sp³-hybridized carbons (Fsp3) is 0.790. The van der Waals surface area contributed by atoms with Crippen LogP contribution < -0.4 is 32.7 Å². The van der Waals surface area contributed by atoms with Gasteiger partial charge in [-0.2, -0.15) is 0 Å². The smallest absolute Gasteiger partial charge is 0.407 e. The molecule has 2 aromatic carbocycles. The molecule has 0 saturated heterocycles. The maximum atomic E-state index is 13.6. The summed E-state index contributed by atoms with van der Waals surface area (Å²) in [5.41, 5.74) is 14.9. The number of aliphatic carboxylic acids is 1. The third kappa shape index (κ3) is 64.4. The Bertz CT molecular complexity index is 2600. The van der Waals surface area contributed by atoms with Crippen molar-refractivity contribution in [2.75, 3.05) is 350 Å². The van der Waals surface area contributed by atoms with Crippen molar-refractivity contribution < 1.29 is 148 Å². The number of unbranched alkanes of at least 4 members (excludes halogenated alkanes) is 2. The molecule has 118 heavy (non-hydrogen) atoms. The minimum atomic E-state index is -1.22. The Morgan fingerprint density at radius 1 is 0.297 bits per heavy atom. The number of carbonyl (C=O) groups excluding carboxylic acids is 4. The molecule has 0 spiro atoms. The number of alkyl carbamates (subject to hydrolysis) is 1. The molecular formula is C81H142N6O31. The van der Waals surface area contributed by atoms with Crippen LogP contribution in [0.25, 0.3) is 11.1 Å². The summed E-state index contributed by atoms with van der Waals surface area (Å²) < 4.78 is 138. The van der Waals surface area contributed by atoms with Crippen LogP contribution in [0, 0.1) is 0 Å². The number of nitrogens with two attached hydrogens (primary N) is 2. The summed E-state index contributed by atoms with van der Waals surface area (Å²) in [5.74, 6) is -2.41. The van der Waals surface area contributed by atoms with Gasteiger partial charge in [0, 0.05) is 44.9 Å². The van der Waals surface area contributed by atoms with E-state index >= 15 is 0 Å². The second-order valence-corrected chi connectivity index (χ2v) is 25.9. The van der Waals surface area contributed by atoms with Gasteiger partial charge in [0.05, 0.1) is 317 Å². The fourth-order valence-corrected chi connectivity index (χ4v) is 10.7. The van der Waals surface area contributed by atoms with Crippen LogP contribution in [-0.4, -0.2) is 397 Å². The van der Waals surface area contributed by atoms with Gasteiger partial charge < -0.3 is 156 Å². The SMILES string of the molecule is NCCOCCOCCOCCOCCOCCOCCOCCOCCOCCOCCOCCOCCC(=O)NCCCC[C@H](NC(=O)CCOCCOCCOCCOCCOCCOCCOCCOCCOCCOCCOCCOCCN)C(=O)NCCCC[C@H](NC(=O)OCC1c2ccccc2-c2ccccc21)C(=O)O. The second kappa shape index (κ2) is 82.5. The molecule has 4 amide bonds. The number of carboxylic acids is 1. The third-order valence-corrected chi connectivity index (χ3v) is 16.7. The van der Waals surface area contributed by atoms with E-state index in [9.17, 15) is 29.1 Å². The number of fused-ring (bicyclic) bond motifs is 3. The van der Waals surface area contributed by atoms with E-state index in [1.165, 1.54) is 0 Å². The zero-order valence-electron chi connectivity index (χ0n) is 69.8. The average Bonchev–Trinajstić information content (AvgIpc) is 1.62. The standard InChI is InChI=1S/C81H142N6O31/c82-17-23-96-27-31-100-35-39-104-43-47-108-51-55-112-59-63-116-67-65-114-61-57-110-53-49-106-45-41-102-37-33-98-29-25-94-21-15-77(88)84-19-7-5-13-75(79(90)85-20-8-6-14-76(80(91)92)87-81(93)118-69-74-72-11-3-1-9-70(72)71-10-2-4-12-73(71)74)86-78(89)16-22-95-26-30-99-34-38-103-42-46-107-50-54-111-58-62-115-66-68-117-64-60-113-56-52-109-48-44-105-40-36-101-32-28-97-24-18-83/h1-4,9-12,74-76H,5-8,13-69,82-83H2,(H,84,88)(H,85,90)(H,86,89)(H,87,93)(H,91,92)/t75-,76-/m0/s1. The van der Waals surface area contributed by atoms with E-state index in [4.69, 9.17) is 130 Å². The van der Waals surface area contributed by atoms with Crippen LogP contribution >= 0.6 is 0 Å². The van der Waals surface area contributed by atoms with Crippen LogP contribution in [0.4, 0.5) is 4.79 Å². The molecule has 2 aromatic rings. The highest BCUT2D eigenvalue weighted by atomic mass is 16.6. The van der Waals surface area contributed by atoms with Gasteiger partial charge in [0.2, 0.25) is 17.7 Å². The van der Waals surface area contributed by atoms with E-state index in [1.807, 2.05) is 48.5 Å². The third-order valence-electron chi connectivity index (χ3n) is 16.7. The van der Waals surface area contributed by atoms with Gasteiger partial charge in [0.15, 0.2) is 0 Å². The molecule has 0 bridgehead atoms. The summed E-state index contributed by atoms with van der Waals surface area (Å²) in [6.07, 6.45) is 1.42. The monoisotopic (exact) mass is 1690 g/mol. The Morgan fingerprint density at radius 2 is 0.542 bits per heavy atom. The van der Waals surface area contributed by atoms with Crippen molar-refractivity contribution in [3.05, 3.63) is 59.7 Å². The number of ether oxygens (including phenoxy) is 25. The largest absolute Gasteiger partial charge is 0.480 e. The molecular weight excluding hydrogens is 1550 g/mol. The fourth-order valence-electron chi connectivity index (χ4n) is 10.7. The number of nitrogens with one attached hydrogen (secondary N) is 4. The summed E-state index contributed by atoms with van der Waals surface area (Å²) in [4.78, 5) is 64.5. The topological polar surface area (TPSA) is 436 Å². The highest BCUT2D eigenvalue weighted by Crippen LogP contribution is 2.44. The molecule has 0 aromatic heterocycles. The van der Waals surface area contributed by atoms with Gasteiger partial charge in [-0.3, -0.25) is 14.4 Å². The Labute approximate surface area is 697 Å². The summed E-state index contributed by atoms with van der Waals surface area (Å²) >= 11 is 0. The van der Waals surface area contributed by atoms with Crippen LogP contribution in [-0.2, 0) is 138 Å².